The standard InChI is InChI=1S/C74H144O17P2/c1-6-10-13-16-19-22-24-26-28-29-31-33-40-45-50-55-60-74(79)91-70(64-85-72(77)58-53-48-43-38-35-34-37-41-46-51-56-67(5)9-4)66-89-93(82,83)87-62-68(75)61-86-92(80,81)88-65-69(63-84-71(76)57-52-47-42-36-21-18-15-12-8-3)90-73(78)59-54-49-44-39-32-30-27-25-23-20-17-14-11-7-2/h67-70,75H,6-66H2,1-5H3,(H,80,81)(H,82,83)/t67?,68-,69+,70+/m0/s1. The van der Waals surface area contributed by atoms with Crippen LogP contribution in [0, 0.1) is 5.92 Å². The molecule has 0 aromatic heterocycles. The van der Waals surface area contributed by atoms with Crippen LogP contribution in [0.2, 0.25) is 0 Å². The molecule has 3 N–H and O–H groups in total. The van der Waals surface area contributed by atoms with E-state index in [1.54, 1.807) is 0 Å². The summed E-state index contributed by atoms with van der Waals surface area (Å²) in [6, 6.07) is 0. The molecule has 0 heterocycles. The SMILES string of the molecule is CCCCCCCCCCCCCCCCCCC(=O)O[C@H](COC(=O)CCCCCCCCCCCCC(C)CC)COP(=O)(O)OC[C@@H](O)COP(=O)(O)OC[C@@H](COC(=O)CCCCCCCCCCC)OC(=O)CCCCCCCCCCCCCCCC. The fraction of sp³-hybridized carbons (Fsp3) is 0.946. The Morgan fingerprint density at radius 1 is 0.301 bits per heavy atom. The number of aliphatic hydroxyl groups is 1. The summed E-state index contributed by atoms with van der Waals surface area (Å²) in [5.74, 6) is -1.31. The monoisotopic (exact) mass is 1370 g/mol. The van der Waals surface area contributed by atoms with E-state index in [1.165, 1.54) is 212 Å². The first-order valence-corrected chi connectivity index (χ1v) is 41.7. The number of unbranched alkanes of at least 4 members (excludes halogenated alkanes) is 45. The Morgan fingerprint density at radius 2 is 0.516 bits per heavy atom. The lowest BCUT2D eigenvalue weighted by Crippen LogP contribution is -2.30. The second-order valence-corrected chi connectivity index (χ2v) is 29.8. The number of esters is 4. The van der Waals surface area contributed by atoms with Crippen molar-refractivity contribution in [3.63, 3.8) is 0 Å². The molecule has 0 bridgehead atoms. The van der Waals surface area contributed by atoms with E-state index in [2.05, 4.69) is 34.6 Å². The quantitative estimate of drug-likeness (QED) is 0.0222. The van der Waals surface area contributed by atoms with Gasteiger partial charge in [0.05, 0.1) is 26.4 Å². The van der Waals surface area contributed by atoms with Crippen LogP contribution in [0.3, 0.4) is 0 Å². The maximum absolute atomic E-state index is 13.1. The van der Waals surface area contributed by atoms with Crippen molar-refractivity contribution < 1.29 is 80.2 Å². The van der Waals surface area contributed by atoms with Gasteiger partial charge in [-0.15, -0.1) is 0 Å². The molecule has 93 heavy (non-hydrogen) atoms. The summed E-state index contributed by atoms with van der Waals surface area (Å²) >= 11 is 0. The van der Waals surface area contributed by atoms with Crippen LogP contribution in [-0.4, -0.2) is 96.7 Å². The van der Waals surface area contributed by atoms with Gasteiger partial charge in [-0.2, -0.15) is 0 Å². The highest BCUT2D eigenvalue weighted by molar-refractivity contribution is 7.47. The lowest BCUT2D eigenvalue weighted by molar-refractivity contribution is -0.161. The molecular formula is C74H144O17P2. The Labute approximate surface area is 568 Å². The van der Waals surface area contributed by atoms with E-state index in [9.17, 15) is 43.2 Å². The molecule has 0 aromatic carbocycles. The number of hydrogen-bond acceptors (Lipinski definition) is 15. The maximum atomic E-state index is 13.1. The van der Waals surface area contributed by atoms with Gasteiger partial charge in [-0.25, -0.2) is 9.13 Å². The van der Waals surface area contributed by atoms with Crippen molar-refractivity contribution >= 4 is 39.5 Å². The number of hydrogen-bond donors (Lipinski definition) is 3. The Bertz CT molecular complexity index is 1790. The predicted molar refractivity (Wildman–Crippen MR) is 377 cm³/mol. The fourth-order valence-corrected chi connectivity index (χ4v) is 12.9. The molecule has 0 aliphatic rings. The summed E-state index contributed by atoms with van der Waals surface area (Å²) in [6.45, 7) is 7.30. The molecule has 0 rings (SSSR count). The molecule has 19 heteroatoms. The summed E-state index contributed by atoms with van der Waals surface area (Å²) in [4.78, 5) is 72.7. The van der Waals surface area contributed by atoms with E-state index in [1.807, 2.05) is 0 Å². The molecule has 0 radical (unpaired) electrons. The number of rotatable bonds is 74. The summed E-state index contributed by atoms with van der Waals surface area (Å²) in [5.41, 5.74) is 0. The van der Waals surface area contributed by atoms with Crippen LogP contribution in [0.4, 0.5) is 0 Å². The van der Waals surface area contributed by atoms with Crippen LogP contribution in [0.15, 0.2) is 0 Å². The molecule has 0 saturated heterocycles. The van der Waals surface area contributed by atoms with Gasteiger partial charge < -0.3 is 33.8 Å². The van der Waals surface area contributed by atoms with E-state index in [0.717, 1.165) is 95.8 Å². The number of aliphatic hydroxyl groups excluding tert-OH is 1. The lowest BCUT2D eigenvalue weighted by Gasteiger charge is -2.21. The molecule has 0 saturated carbocycles. The number of phosphoric acid groups is 2. The minimum atomic E-state index is -4.95. The van der Waals surface area contributed by atoms with Gasteiger partial charge in [-0.3, -0.25) is 37.3 Å². The summed E-state index contributed by atoms with van der Waals surface area (Å²) in [5, 5.41) is 10.6. The summed E-state index contributed by atoms with van der Waals surface area (Å²) < 4.78 is 68.4. The topological polar surface area (TPSA) is 237 Å². The molecule has 0 spiro atoms. The highest BCUT2D eigenvalue weighted by atomic mass is 31.2. The third kappa shape index (κ3) is 67.0. The number of carbonyl (C=O) groups excluding carboxylic acids is 4. The van der Waals surface area contributed by atoms with Crippen molar-refractivity contribution in [2.45, 2.75) is 406 Å². The molecule has 6 atom stereocenters. The molecule has 0 aliphatic heterocycles. The highest BCUT2D eigenvalue weighted by Crippen LogP contribution is 2.45. The number of ether oxygens (including phenoxy) is 4. The smallest absolute Gasteiger partial charge is 0.462 e. The van der Waals surface area contributed by atoms with Crippen molar-refractivity contribution in [2.75, 3.05) is 39.6 Å². The molecule has 0 aromatic rings. The second-order valence-electron chi connectivity index (χ2n) is 26.9. The molecule has 3 unspecified atom stereocenters. The zero-order valence-electron chi connectivity index (χ0n) is 60.4. The predicted octanol–water partition coefficient (Wildman–Crippen LogP) is 21.7. The van der Waals surface area contributed by atoms with Crippen molar-refractivity contribution in [1.29, 1.82) is 0 Å². The van der Waals surface area contributed by atoms with Crippen molar-refractivity contribution in [1.82, 2.24) is 0 Å². The van der Waals surface area contributed by atoms with Crippen molar-refractivity contribution in [3.05, 3.63) is 0 Å². The second kappa shape index (κ2) is 67.3. The Kier molecular flexibility index (Phi) is 65.9. The third-order valence-electron chi connectivity index (χ3n) is 17.6. The molecule has 552 valence electrons. The molecular weight excluding hydrogens is 1220 g/mol. The van der Waals surface area contributed by atoms with Crippen LogP contribution in [0.25, 0.3) is 0 Å². The van der Waals surface area contributed by atoms with Crippen molar-refractivity contribution in [3.8, 4) is 0 Å². The van der Waals surface area contributed by atoms with E-state index in [4.69, 9.17) is 37.0 Å². The lowest BCUT2D eigenvalue weighted by atomic mass is 9.99. The van der Waals surface area contributed by atoms with Crippen LogP contribution < -0.4 is 0 Å². The van der Waals surface area contributed by atoms with E-state index >= 15 is 0 Å². The van der Waals surface area contributed by atoms with Gasteiger partial charge in [0.15, 0.2) is 12.2 Å². The Hall–Kier alpha value is -1.94. The van der Waals surface area contributed by atoms with Gasteiger partial charge in [-0.05, 0) is 31.6 Å². The fourth-order valence-electron chi connectivity index (χ4n) is 11.3. The number of carbonyl (C=O) groups is 4. The van der Waals surface area contributed by atoms with E-state index < -0.39 is 97.5 Å². The van der Waals surface area contributed by atoms with Crippen LogP contribution in [0.1, 0.15) is 388 Å². The largest absolute Gasteiger partial charge is 0.472 e. The van der Waals surface area contributed by atoms with Crippen molar-refractivity contribution in [2.24, 2.45) is 5.92 Å². The first-order chi connectivity index (χ1) is 45.1. The van der Waals surface area contributed by atoms with Gasteiger partial charge >= 0.3 is 39.5 Å². The van der Waals surface area contributed by atoms with Gasteiger partial charge in [-0.1, -0.05) is 336 Å². The molecule has 0 aliphatic carbocycles. The first-order valence-electron chi connectivity index (χ1n) is 38.7. The molecule has 17 nitrogen and oxygen atoms in total. The first kappa shape index (κ1) is 91.1. The summed E-state index contributed by atoms with van der Waals surface area (Å²) in [6.07, 6.45) is 55.3. The molecule has 0 fully saturated rings. The van der Waals surface area contributed by atoms with Crippen LogP contribution in [0.5, 0.6) is 0 Å². The minimum Gasteiger partial charge on any atom is -0.462 e. The Morgan fingerprint density at radius 3 is 0.763 bits per heavy atom. The van der Waals surface area contributed by atoms with Crippen LogP contribution in [-0.2, 0) is 65.4 Å². The Balaban J connectivity index is 5.24. The van der Waals surface area contributed by atoms with Gasteiger partial charge in [0, 0.05) is 25.7 Å². The molecule has 0 amide bonds. The zero-order valence-corrected chi connectivity index (χ0v) is 62.2. The third-order valence-corrected chi connectivity index (χ3v) is 19.5. The zero-order chi connectivity index (χ0) is 68.4. The minimum absolute atomic E-state index is 0.108. The highest BCUT2D eigenvalue weighted by Gasteiger charge is 2.30. The average molecular weight is 1370 g/mol. The van der Waals surface area contributed by atoms with E-state index in [0.29, 0.717) is 25.7 Å². The maximum Gasteiger partial charge on any atom is 0.472 e. The average Bonchev–Trinajstić information content (AvgIpc) is 3.47. The summed E-state index contributed by atoms with van der Waals surface area (Å²) in [7, 11) is -9.90. The van der Waals surface area contributed by atoms with E-state index in [-0.39, 0.29) is 25.7 Å². The van der Waals surface area contributed by atoms with Gasteiger partial charge in [0.1, 0.15) is 19.3 Å². The normalized spacial score (nSPS) is 14.3. The van der Waals surface area contributed by atoms with Gasteiger partial charge in [0.25, 0.3) is 0 Å². The van der Waals surface area contributed by atoms with Gasteiger partial charge in [0.2, 0.25) is 0 Å². The van der Waals surface area contributed by atoms with Crippen LogP contribution >= 0.6 is 15.6 Å². The number of phosphoric ester groups is 2.